The highest BCUT2D eigenvalue weighted by molar-refractivity contribution is 6.34. The number of benzene rings is 3. The van der Waals surface area contributed by atoms with Crippen LogP contribution in [0.1, 0.15) is 34.3 Å². The van der Waals surface area contributed by atoms with Crippen LogP contribution in [-0.4, -0.2) is 34.3 Å². The van der Waals surface area contributed by atoms with E-state index in [-0.39, 0.29) is 23.0 Å². The van der Waals surface area contributed by atoms with Gasteiger partial charge in [0.2, 0.25) is 5.91 Å². The molecule has 1 unspecified atom stereocenters. The van der Waals surface area contributed by atoms with E-state index in [2.05, 4.69) is 15.7 Å². The van der Waals surface area contributed by atoms with E-state index < -0.39 is 23.8 Å². The summed E-state index contributed by atoms with van der Waals surface area (Å²) in [5, 5.41) is 10.8. The van der Waals surface area contributed by atoms with Crippen molar-refractivity contribution in [3.05, 3.63) is 88.6 Å². The van der Waals surface area contributed by atoms with Gasteiger partial charge in [-0.05, 0) is 66.9 Å². The minimum Gasteiger partial charge on any atom is -0.368 e. The standard InChI is InChI=1S/C27H22ClF3N4O3/c28-21-11-6-16(14-32-26(37)24-5-2-12-38-24)13-19(21)25(36)34-22-3-1-4-23-20(22)15-33-35(23)18-9-7-17(8-10-18)27(29,30)31/h1,3-4,6-11,13,15,24H,2,5,12,14H2,(H,32,37)(H,34,36). The molecule has 38 heavy (non-hydrogen) atoms. The maximum atomic E-state index is 13.1. The van der Waals surface area contributed by atoms with Crippen molar-refractivity contribution in [2.75, 3.05) is 11.9 Å². The SMILES string of the molecule is O=C(Nc1cccc2c1cnn2-c1ccc(C(F)(F)F)cc1)c1cc(CNC(=O)C2CCCO2)ccc1Cl. The molecule has 0 saturated carbocycles. The van der Waals surface area contributed by atoms with Gasteiger partial charge in [0.1, 0.15) is 6.10 Å². The topological polar surface area (TPSA) is 85.3 Å². The second kappa shape index (κ2) is 10.5. The molecular formula is C27H22ClF3N4O3. The maximum Gasteiger partial charge on any atom is 0.416 e. The van der Waals surface area contributed by atoms with Crippen LogP contribution in [0.2, 0.25) is 5.02 Å². The molecule has 0 spiro atoms. The summed E-state index contributed by atoms with van der Waals surface area (Å²) in [5.41, 5.74) is 1.66. The average Bonchev–Trinajstić information content (AvgIpc) is 3.59. The van der Waals surface area contributed by atoms with E-state index in [1.807, 2.05) is 0 Å². The van der Waals surface area contributed by atoms with Gasteiger partial charge in [-0.25, -0.2) is 4.68 Å². The van der Waals surface area contributed by atoms with Crippen LogP contribution in [0.15, 0.2) is 66.9 Å². The Morgan fingerprint density at radius 3 is 2.61 bits per heavy atom. The molecule has 2 N–H and O–H groups in total. The summed E-state index contributed by atoms with van der Waals surface area (Å²) < 4.78 is 45.7. The van der Waals surface area contributed by atoms with Crippen LogP contribution in [-0.2, 0) is 22.3 Å². The number of ether oxygens (including phenoxy) is 1. The second-order valence-corrected chi connectivity index (χ2v) is 9.23. The Morgan fingerprint density at radius 2 is 1.89 bits per heavy atom. The lowest BCUT2D eigenvalue weighted by Crippen LogP contribution is -2.33. The summed E-state index contributed by atoms with van der Waals surface area (Å²) in [6.07, 6.45) is -1.83. The van der Waals surface area contributed by atoms with Crippen molar-refractivity contribution in [1.82, 2.24) is 15.1 Å². The Labute approximate surface area is 220 Å². The molecule has 2 heterocycles. The zero-order valence-corrected chi connectivity index (χ0v) is 20.6. The van der Waals surface area contributed by atoms with Gasteiger partial charge in [0, 0.05) is 18.5 Å². The molecule has 7 nitrogen and oxygen atoms in total. The summed E-state index contributed by atoms with van der Waals surface area (Å²) in [6, 6.07) is 14.7. The number of nitrogens with one attached hydrogen (secondary N) is 2. The van der Waals surface area contributed by atoms with Crippen LogP contribution >= 0.6 is 11.6 Å². The number of hydrogen-bond acceptors (Lipinski definition) is 4. The average molecular weight is 543 g/mol. The van der Waals surface area contributed by atoms with Crippen molar-refractivity contribution in [3.63, 3.8) is 0 Å². The fraction of sp³-hybridized carbons (Fsp3) is 0.222. The van der Waals surface area contributed by atoms with Crippen LogP contribution in [0.4, 0.5) is 18.9 Å². The number of nitrogens with zero attached hydrogens (tertiary/aromatic N) is 2. The Bertz CT molecular complexity index is 1500. The highest BCUT2D eigenvalue weighted by atomic mass is 35.5. The van der Waals surface area contributed by atoms with Gasteiger partial charge in [-0.15, -0.1) is 0 Å². The molecule has 2 amide bonds. The molecule has 1 fully saturated rings. The molecule has 0 radical (unpaired) electrons. The lowest BCUT2D eigenvalue weighted by Gasteiger charge is -2.12. The molecule has 196 valence electrons. The molecular weight excluding hydrogens is 521 g/mol. The Hall–Kier alpha value is -3.89. The van der Waals surface area contributed by atoms with Crippen molar-refractivity contribution in [1.29, 1.82) is 0 Å². The molecule has 0 aliphatic carbocycles. The predicted octanol–water partition coefficient (Wildman–Crippen LogP) is 5.75. The minimum absolute atomic E-state index is 0.194. The number of aromatic nitrogens is 2. The molecule has 5 rings (SSSR count). The van der Waals surface area contributed by atoms with Crippen LogP contribution in [0.3, 0.4) is 0 Å². The first kappa shape index (κ1) is 25.7. The van der Waals surface area contributed by atoms with Gasteiger partial charge < -0.3 is 15.4 Å². The minimum atomic E-state index is -4.43. The van der Waals surface area contributed by atoms with E-state index >= 15 is 0 Å². The zero-order valence-electron chi connectivity index (χ0n) is 19.9. The predicted molar refractivity (Wildman–Crippen MR) is 136 cm³/mol. The first-order valence-corrected chi connectivity index (χ1v) is 12.2. The third-order valence-electron chi connectivity index (χ3n) is 6.27. The third kappa shape index (κ3) is 5.36. The van der Waals surface area contributed by atoms with Crippen LogP contribution in [0.5, 0.6) is 0 Å². The molecule has 0 bridgehead atoms. The fourth-order valence-electron chi connectivity index (χ4n) is 4.29. The normalized spacial score (nSPS) is 15.5. The molecule has 3 aromatic carbocycles. The molecule has 4 aromatic rings. The van der Waals surface area contributed by atoms with Crippen LogP contribution in [0, 0.1) is 0 Å². The second-order valence-electron chi connectivity index (χ2n) is 8.83. The number of carbonyl (C=O) groups is 2. The monoisotopic (exact) mass is 542 g/mol. The van der Waals surface area contributed by atoms with Crippen molar-refractivity contribution in [2.24, 2.45) is 0 Å². The van der Waals surface area contributed by atoms with E-state index in [0.29, 0.717) is 40.9 Å². The van der Waals surface area contributed by atoms with Gasteiger partial charge in [-0.3, -0.25) is 9.59 Å². The Kier molecular flexibility index (Phi) is 7.09. The maximum absolute atomic E-state index is 13.1. The van der Waals surface area contributed by atoms with Gasteiger partial charge in [-0.2, -0.15) is 18.3 Å². The number of carbonyl (C=O) groups excluding carboxylic acids is 2. The highest BCUT2D eigenvalue weighted by Crippen LogP contribution is 2.31. The molecule has 1 aliphatic rings. The summed E-state index contributed by atoms with van der Waals surface area (Å²) in [4.78, 5) is 25.4. The van der Waals surface area contributed by atoms with Crippen LogP contribution in [0.25, 0.3) is 16.6 Å². The van der Waals surface area contributed by atoms with Gasteiger partial charge in [0.15, 0.2) is 0 Å². The molecule has 1 atom stereocenters. The Morgan fingerprint density at radius 1 is 1.11 bits per heavy atom. The largest absolute Gasteiger partial charge is 0.416 e. The molecule has 1 aliphatic heterocycles. The lowest BCUT2D eigenvalue weighted by molar-refractivity contribution is -0.137. The lowest BCUT2D eigenvalue weighted by atomic mass is 10.1. The number of anilines is 1. The molecule has 1 saturated heterocycles. The quantitative estimate of drug-likeness (QED) is 0.325. The van der Waals surface area contributed by atoms with Gasteiger partial charge in [-0.1, -0.05) is 23.7 Å². The summed E-state index contributed by atoms with van der Waals surface area (Å²) >= 11 is 6.31. The van der Waals surface area contributed by atoms with Crippen molar-refractivity contribution in [2.45, 2.75) is 31.7 Å². The van der Waals surface area contributed by atoms with Gasteiger partial charge in [0.25, 0.3) is 5.91 Å². The number of rotatable bonds is 6. The van der Waals surface area contributed by atoms with E-state index in [0.717, 1.165) is 18.6 Å². The zero-order chi connectivity index (χ0) is 26.9. The van der Waals surface area contributed by atoms with E-state index in [1.54, 1.807) is 36.4 Å². The third-order valence-corrected chi connectivity index (χ3v) is 6.59. The Balaban J connectivity index is 1.34. The van der Waals surface area contributed by atoms with Gasteiger partial charge >= 0.3 is 6.18 Å². The smallest absolute Gasteiger partial charge is 0.368 e. The summed E-state index contributed by atoms with van der Waals surface area (Å²) in [7, 11) is 0. The first-order valence-electron chi connectivity index (χ1n) is 11.8. The number of amides is 2. The van der Waals surface area contributed by atoms with Crippen molar-refractivity contribution >= 4 is 40.0 Å². The summed E-state index contributed by atoms with van der Waals surface area (Å²) in [6.45, 7) is 0.783. The number of hydrogen-bond donors (Lipinski definition) is 2. The van der Waals surface area contributed by atoms with Crippen molar-refractivity contribution < 1.29 is 27.5 Å². The molecule has 1 aromatic heterocycles. The molecule has 11 heteroatoms. The summed E-state index contributed by atoms with van der Waals surface area (Å²) in [5.74, 6) is -0.655. The van der Waals surface area contributed by atoms with Crippen LogP contribution < -0.4 is 10.6 Å². The highest BCUT2D eigenvalue weighted by Gasteiger charge is 2.30. The van der Waals surface area contributed by atoms with E-state index in [9.17, 15) is 22.8 Å². The number of halogens is 4. The van der Waals surface area contributed by atoms with Gasteiger partial charge in [0.05, 0.1) is 39.2 Å². The van der Waals surface area contributed by atoms with E-state index in [1.165, 1.54) is 23.0 Å². The number of alkyl halides is 3. The first-order chi connectivity index (χ1) is 18.2. The van der Waals surface area contributed by atoms with E-state index in [4.69, 9.17) is 16.3 Å². The van der Waals surface area contributed by atoms with Crippen molar-refractivity contribution in [3.8, 4) is 5.69 Å². The fourth-order valence-corrected chi connectivity index (χ4v) is 4.49. The number of fused-ring (bicyclic) bond motifs is 1.